The third kappa shape index (κ3) is 8.53. The zero-order chi connectivity index (χ0) is 44.6. The van der Waals surface area contributed by atoms with E-state index < -0.39 is 11.2 Å². The van der Waals surface area contributed by atoms with Gasteiger partial charge < -0.3 is 50.3 Å². The van der Waals surface area contributed by atoms with E-state index in [0.29, 0.717) is 58.5 Å². The second kappa shape index (κ2) is 17.7. The van der Waals surface area contributed by atoms with Gasteiger partial charge in [0.05, 0.1) is 48.4 Å². The molecule has 4 aliphatic heterocycles. The normalized spacial score (nSPS) is 20.9. The molecule has 2 fully saturated rings. The molecule has 336 valence electrons. The molecule has 6 N–H and O–H groups in total. The predicted molar refractivity (Wildman–Crippen MR) is 238 cm³/mol. The minimum absolute atomic E-state index is 0.0886. The molecule has 8 heterocycles. The van der Waals surface area contributed by atoms with E-state index in [1.54, 1.807) is 46.0 Å². The Labute approximate surface area is 369 Å². The number of carbonyl (C=O) groups excluding carboxylic acids is 2. The lowest BCUT2D eigenvalue weighted by Crippen LogP contribution is -2.35. The van der Waals surface area contributed by atoms with Crippen molar-refractivity contribution in [2.24, 2.45) is 11.8 Å². The summed E-state index contributed by atoms with van der Waals surface area (Å²) < 4.78 is 15.2. The molecule has 2 atom stereocenters. The van der Waals surface area contributed by atoms with Gasteiger partial charge in [0.1, 0.15) is 33.8 Å². The van der Waals surface area contributed by atoms with Gasteiger partial charge in [0.15, 0.2) is 11.3 Å². The number of piperidine rings is 2. The van der Waals surface area contributed by atoms with Crippen LogP contribution < -0.4 is 29.9 Å². The van der Waals surface area contributed by atoms with E-state index in [4.69, 9.17) is 9.47 Å². The molecule has 4 aliphatic rings. The molecule has 2 saturated heterocycles. The van der Waals surface area contributed by atoms with Crippen molar-refractivity contribution < 1.29 is 39.5 Å². The average Bonchev–Trinajstić information content (AvgIpc) is 4.11. The summed E-state index contributed by atoms with van der Waals surface area (Å²) >= 11 is 0. The van der Waals surface area contributed by atoms with Gasteiger partial charge in [0.25, 0.3) is 11.8 Å². The summed E-state index contributed by atoms with van der Waals surface area (Å²) in [5, 5.41) is 53.1. The van der Waals surface area contributed by atoms with Crippen molar-refractivity contribution in [3.63, 3.8) is 0 Å². The standard InChI is InChI=1S/2C23H27N5O4/c2*1-23(14-30)11-16-9-18(26-22(31)17-12-25-28-6-2-5-24-21(17)28)19(10-20(16)32-23)27-7-3-15(13-29)4-8-27/h2*2,5-6,9-10,12,15,29-30H,3-4,7-8,11,13-14H2,1H3,(H,26,31)/t2*23-/m10/s1. The molecule has 18 heteroatoms. The van der Waals surface area contributed by atoms with Crippen molar-refractivity contribution in [3.8, 4) is 11.5 Å². The van der Waals surface area contributed by atoms with Crippen LogP contribution in [0.15, 0.2) is 73.6 Å². The zero-order valence-electron chi connectivity index (χ0n) is 36.0. The molecule has 18 nitrogen and oxygen atoms in total. The molecule has 2 amide bonds. The summed E-state index contributed by atoms with van der Waals surface area (Å²) in [6, 6.07) is 11.3. The monoisotopic (exact) mass is 874 g/mol. The third-order valence-electron chi connectivity index (χ3n) is 12.8. The lowest BCUT2D eigenvalue weighted by Gasteiger charge is -2.34. The number of amides is 2. The van der Waals surface area contributed by atoms with Crippen LogP contribution in [0.5, 0.6) is 11.5 Å². The first kappa shape index (κ1) is 42.9. The number of aliphatic hydroxyl groups excluding tert-OH is 4. The Bertz CT molecular complexity index is 2490. The van der Waals surface area contributed by atoms with Crippen LogP contribution in [-0.2, 0) is 12.8 Å². The first-order valence-electron chi connectivity index (χ1n) is 21.8. The third-order valence-corrected chi connectivity index (χ3v) is 12.8. The Morgan fingerprint density at radius 3 is 1.44 bits per heavy atom. The maximum atomic E-state index is 13.2. The van der Waals surface area contributed by atoms with Crippen LogP contribution in [-0.4, -0.2) is 125 Å². The van der Waals surface area contributed by atoms with Gasteiger partial charge in [-0.05, 0) is 75.6 Å². The van der Waals surface area contributed by atoms with Gasteiger partial charge in [-0.1, -0.05) is 0 Å². The Morgan fingerprint density at radius 1 is 0.656 bits per heavy atom. The lowest BCUT2D eigenvalue weighted by molar-refractivity contribution is 0.0446. The summed E-state index contributed by atoms with van der Waals surface area (Å²) in [4.78, 5) is 39.4. The largest absolute Gasteiger partial charge is 0.484 e. The van der Waals surface area contributed by atoms with Crippen LogP contribution in [0, 0.1) is 11.8 Å². The van der Waals surface area contributed by atoms with Gasteiger partial charge in [-0.2, -0.15) is 10.2 Å². The molecule has 0 radical (unpaired) electrons. The number of benzene rings is 2. The van der Waals surface area contributed by atoms with Gasteiger partial charge in [-0.15, -0.1) is 0 Å². The molecular formula is C46H54N10O8. The highest BCUT2D eigenvalue weighted by molar-refractivity contribution is 6.10. The Morgan fingerprint density at radius 2 is 1.06 bits per heavy atom. The Hall–Kier alpha value is -6.34. The number of hydrogen-bond acceptors (Lipinski definition) is 14. The average molecular weight is 875 g/mol. The number of hydrogen-bond donors (Lipinski definition) is 6. The molecule has 0 unspecified atom stereocenters. The minimum atomic E-state index is -0.668. The number of nitrogens with one attached hydrogen (secondary N) is 2. The molecule has 0 saturated carbocycles. The summed E-state index contributed by atoms with van der Waals surface area (Å²) in [7, 11) is 0. The van der Waals surface area contributed by atoms with Crippen molar-refractivity contribution in [2.45, 2.75) is 63.6 Å². The smallest absolute Gasteiger partial charge is 0.261 e. The summed E-state index contributed by atoms with van der Waals surface area (Å²) in [6.45, 7) is 7.09. The number of aromatic nitrogens is 6. The minimum Gasteiger partial charge on any atom is -0.484 e. The van der Waals surface area contributed by atoms with Gasteiger partial charge >= 0.3 is 0 Å². The van der Waals surface area contributed by atoms with Crippen molar-refractivity contribution in [3.05, 3.63) is 95.8 Å². The molecule has 2 aromatic carbocycles. The molecular weight excluding hydrogens is 821 g/mol. The van der Waals surface area contributed by atoms with Crippen molar-refractivity contribution in [1.82, 2.24) is 29.2 Å². The highest BCUT2D eigenvalue weighted by Crippen LogP contribution is 2.44. The van der Waals surface area contributed by atoms with E-state index >= 15 is 0 Å². The van der Waals surface area contributed by atoms with Gasteiger partial charge in [0, 0.05) is 100 Å². The number of aliphatic hydroxyl groups is 4. The number of rotatable bonds is 10. The topological polar surface area (TPSA) is 224 Å². The van der Waals surface area contributed by atoms with Crippen LogP contribution in [0.2, 0.25) is 0 Å². The SMILES string of the molecule is C[C@@]1(CO)Cc2cc(NC(=O)c3cnn4cccnc34)c(N3CCC(CO)CC3)cc2O1.C[C@]1(CO)Cc2cc(NC(=O)c3cnn4cccnc34)c(N3CCC(CO)CC3)cc2O1. The molecule has 10 rings (SSSR count). The van der Waals surface area contributed by atoms with Crippen LogP contribution in [0.4, 0.5) is 22.7 Å². The highest BCUT2D eigenvalue weighted by atomic mass is 16.5. The second-order valence-corrected chi connectivity index (χ2v) is 17.8. The van der Waals surface area contributed by atoms with E-state index in [-0.39, 0.29) is 38.2 Å². The summed E-state index contributed by atoms with van der Waals surface area (Å²) in [5.41, 5.74) is 5.47. The molecule has 0 spiro atoms. The number of carbonyl (C=O) groups is 2. The molecule has 0 aliphatic carbocycles. The maximum Gasteiger partial charge on any atom is 0.261 e. The fourth-order valence-electron chi connectivity index (χ4n) is 9.07. The second-order valence-electron chi connectivity index (χ2n) is 17.8. The van der Waals surface area contributed by atoms with E-state index in [1.807, 2.05) is 38.1 Å². The quantitative estimate of drug-likeness (QED) is 0.115. The lowest BCUT2D eigenvalue weighted by atomic mass is 9.96. The first-order chi connectivity index (χ1) is 31.0. The van der Waals surface area contributed by atoms with Crippen LogP contribution in [0.1, 0.15) is 71.4 Å². The van der Waals surface area contributed by atoms with Crippen molar-refractivity contribution >= 4 is 45.9 Å². The van der Waals surface area contributed by atoms with Gasteiger partial charge in [-0.3, -0.25) is 9.59 Å². The van der Waals surface area contributed by atoms with Crippen LogP contribution in [0.25, 0.3) is 11.3 Å². The van der Waals surface area contributed by atoms with Gasteiger partial charge in [0.2, 0.25) is 0 Å². The van der Waals surface area contributed by atoms with Gasteiger partial charge in [-0.25, -0.2) is 19.0 Å². The van der Waals surface area contributed by atoms with Crippen LogP contribution in [0.3, 0.4) is 0 Å². The van der Waals surface area contributed by atoms with E-state index in [1.165, 1.54) is 12.4 Å². The predicted octanol–water partition coefficient (Wildman–Crippen LogP) is 3.75. The van der Waals surface area contributed by atoms with E-state index in [9.17, 15) is 30.0 Å². The van der Waals surface area contributed by atoms with Crippen LogP contribution >= 0.6 is 0 Å². The molecule has 0 bridgehead atoms. The number of anilines is 4. The summed E-state index contributed by atoms with van der Waals surface area (Å²) in [5.74, 6) is 1.51. The Balaban J connectivity index is 0.000000162. The Kier molecular flexibility index (Phi) is 11.9. The first-order valence-corrected chi connectivity index (χ1v) is 21.8. The van der Waals surface area contributed by atoms with Crippen molar-refractivity contribution in [2.75, 3.05) is 73.0 Å². The van der Waals surface area contributed by atoms with Crippen molar-refractivity contribution in [1.29, 1.82) is 0 Å². The number of ether oxygens (including phenoxy) is 2. The zero-order valence-corrected chi connectivity index (χ0v) is 36.0. The molecule has 4 aromatic heterocycles. The van der Waals surface area contributed by atoms with E-state index in [0.717, 1.165) is 85.9 Å². The molecule has 64 heavy (non-hydrogen) atoms. The fraction of sp³-hybridized carbons (Fsp3) is 0.435. The number of fused-ring (bicyclic) bond motifs is 4. The number of nitrogens with zero attached hydrogens (tertiary/aromatic N) is 8. The highest BCUT2D eigenvalue weighted by Gasteiger charge is 2.38. The van der Waals surface area contributed by atoms with E-state index in [2.05, 4.69) is 40.6 Å². The summed E-state index contributed by atoms with van der Waals surface area (Å²) in [6.07, 6.45) is 14.5. The maximum absolute atomic E-state index is 13.2. The molecule has 6 aromatic rings. The fourth-order valence-corrected chi connectivity index (χ4v) is 9.07.